The maximum Gasteiger partial charge on any atom is 0.197 e. The van der Waals surface area contributed by atoms with Crippen molar-refractivity contribution in [1.82, 2.24) is 19.6 Å². The number of aliphatic hydroxyl groups is 2. The lowest BCUT2D eigenvalue weighted by Crippen LogP contribution is -2.36. The quantitative estimate of drug-likeness (QED) is 0.478. The fraction of sp³-hybridized carbons (Fsp3) is 0.522. The van der Waals surface area contributed by atoms with Crippen LogP contribution in [-0.4, -0.2) is 54.4 Å². The molecule has 3 N–H and O–H groups in total. The van der Waals surface area contributed by atoms with E-state index in [1.807, 2.05) is 19.9 Å². The summed E-state index contributed by atoms with van der Waals surface area (Å²) in [6.07, 6.45) is 2.30. The Balaban J connectivity index is 0.00000141. The van der Waals surface area contributed by atoms with E-state index in [1.165, 1.54) is 11.9 Å². The smallest absolute Gasteiger partial charge is 0.197 e. The third-order valence-corrected chi connectivity index (χ3v) is 5.02. The van der Waals surface area contributed by atoms with E-state index in [0.717, 1.165) is 11.3 Å². The van der Waals surface area contributed by atoms with Gasteiger partial charge in [-0.3, -0.25) is 0 Å². The van der Waals surface area contributed by atoms with Gasteiger partial charge in [-0.05, 0) is 26.3 Å². The van der Waals surface area contributed by atoms with Gasteiger partial charge in [0, 0.05) is 13.0 Å². The minimum atomic E-state index is -1.31. The first kappa shape index (κ1) is 24.1. The van der Waals surface area contributed by atoms with E-state index < -0.39 is 18.0 Å². The first-order valence-electron chi connectivity index (χ1n) is 11.0. The zero-order valence-electron chi connectivity index (χ0n) is 19.3. The Hall–Kier alpha value is -2.59. The van der Waals surface area contributed by atoms with Gasteiger partial charge < -0.3 is 25.0 Å². The molecule has 1 fully saturated rings. The monoisotopic (exact) mass is 443 g/mol. The lowest BCUT2D eigenvalue weighted by Gasteiger charge is -2.25. The molecule has 3 heterocycles. The second-order valence-corrected chi connectivity index (χ2v) is 8.05. The summed E-state index contributed by atoms with van der Waals surface area (Å²) >= 11 is 0. The Labute approximate surface area is 188 Å². The van der Waals surface area contributed by atoms with E-state index >= 15 is 0 Å². The highest BCUT2D eigenvalue weighted by Crippen LogP contribution is 2.36. The average molecular weight is 444 g/mol. The molecule has 1 aliphatic heterocycles. The summed E-state index contributed by atoms with van der Waals surface area (Å²) in [5.74, 6) is -0.691. The molecule has 2 unspecified atom stereocenters. The van der Waals surface area contributed by atoms with Crippen LogP contribution in [0.1, 0.15) is 57.0 Å². The van der Waals surface area contributed by atoms with Gasteiger partial charge >= 0.3 is 0 Å². The fourth-order valence-corrected chi connectivity index (χ4v) is 3.75. The van der Waals surface area contributed by atoms with Crippen molar-refractivity contribution in [2.45, 2.75) is 71.7 Å². The number of anilines is 1. The summed E-state index contributed by atoms with van der Waals surface area (Å²) in [6, 6.07) is 8.26. The average Bonchev–Trinajstić information content (AvgIpc) is 3.36. The van der Waals surface area contributed by atoms with Crippen LogP contribution in [0, 0.1) is 6.92 Å². The highest BCUT2D eigenvalue weighted by atomic mass is 16.6. The van der Waals surface area contributed by atoms with Crippen molar-refractivity contribution in [3.05, 3.63) is 53.6 Å². The van der Waals surface area contributed by atoms with Crippen LogP contribution < -0.4 is 5.32 Å². The number of aromatic nitrogens is 4. The van der Waals surface area contributed by atoms with Crippen molar-refractivity contribution >= 4 is 11.5 Å². The maximum atomic E-state index is 9.98. The van der Waals surface area contributed by atoms with E-state index in [2.05, 4.69) is 45.5 Å². The van der Waals surface area contributed by atoms with Crippen LogP contribution in [0.15, 0.2) is 36.8 Å². The maximum absolute atomic E-state index is 9.98. The van der Waals surface area contributed by atoms with Gasteiger partial charge in [0.2, 0.25) is 0 Å². The molecule has 0 bridgehead atoms. The Bertz CT molecular complexity index is 1020. The highest BCUT2D eigenvalue weighted by Gasteiger charge is 2.40. The Morgan fingerprint density at radius 3 is 2.75 bits per heavy atom. The van der Waals surface area contributed by atoms with Crippen molar-refractivity contribution in [3.8, 4) is 0 Å². The van der Waals surface area contributed by atoms with Crippen molar-refractivity contribution in [2.24, 2.45) is 0 Å². The molecule has 9 nitrogen and oxygen atoms in total. The second kappa shape index (κ2) is 10.4. The zero-order chi connectivity index (χ0) is 23.3. The van der Waals surface area contributed by atoms with Gasteiger partial charge in [-0.15, -0.1) is 0 Å². The van der Waals surface area contributed by atoms with E-state index in [0.29, 0.717) is 24.4 Å². The number of aryl methyl sites for hydroxylation is 1. The third kappa shape index (κ3) is 5.60. The molecule has 0 radical (unpaired) electrons. The van der Waals surface area contributed by atoms with Crippen LogP contribution in [0.4, 0.5) is 5.82 Å². The van der Waals surface area contributed by atoms with Gasteiger partial charge in [0.25, 0.3) is 0 Å². The van der Waals surface area contributed by atoms with Gasteiger partial charge in [-0.1, -0.05) is 43.7 Å². The van der Waals surface area contributed by atoms with Crippen molar-refractivity contribution in [3.63, 3.8) is 0 Å². The Morgan fingerprint density at radius 1 is 1.28 bits per heavy atom. The topological polar surface area (TPSA) is 114 Å². The van der Waals surface area contributed by atoms with Crippen LogP contribution in [0.5, 0.6) is 0 Å². The molecule has 0 spiro atoms. The fourth-order valence-electron chi connectivity index (χ4n) is 3.75. The molecule has 1 saturated heterocycles. The molecule has 2 aromatic heterocycles. The van der Waals surface area contributed by atoms with Crippen LogP contribution >= 0.6 is 0 Å². The third-order valence-electron chi connectivity index (χ3n) is 5.02. The molecular formula is C23H33N5O4. The number of benzene rings is 1. The number of hydrogen-bond donors (Lipinski definition) is 3. The Morgan fingerprint density at radius 2 is 2.06 bits per heavy atom. The van der Waals surface area contributed by atoms with Crippen LogP contribution in [0.3, 0.4) is 0 Å². The molecule has 9 heteroatoms. The summed E-state index contributed by atoms with van der Waals surface area (Å²) in [5.41, 5.74) is 3.68. The number of aliphatic hydroxyl groups excluding tert-OH is 1. The number of nitrogens with one attached hydrogen (secondary N) is 1. The van der Waals surface area contributed by atoms with Crippen LogP contribution in [0.25, 0.3) is 5.65 Å². The second-order valence-electron chi connectivity index (χ2n) is 8.05. The largest absolute Gasteiger partial charge is 0.394 e. The van der Waals surface area contributed by atoms with Crippen molar-refractivity contribution in [2.75, 3.05) is 11.9 Å². The van der Waals surface area contributed by atoms with Gasteiger partial charge in [0.15, 0.2) is 17.3 Å². The summed E-state index contributed by atoms with van der Waals surface area (Å²) in [6.45, 7) is 9.59. The summed E-state index contributed by atoms with van der Waals surface area (Å²) in [4.78, 5) is 8.82. The summed E-state index contributed by atoms with van der Waals surface area (Å²) < 4.78 is 13.3. The van der Waals surface area contributed by atoms with Gasteiger partial charge in [0.05, 0.1) is 24.6 Å². The number of imidazole rings is 1. The summed E-state index contributed by atoms with van der Waals surface area (Å²) in [7, 11) is 0. The number of hydrogen-bond acceptors (Lipinski definition) is 8. The molecule has 1 aliphatic rings. The highest BCUT2D eigenvalue weighted by molar-refractivity contribution is 5.62. The normalized spacial score (nSPS) is 20.8. The van der Waals surface area contributed by atoms with E-state index in [4.69, 9.17) is 9.47 Å². The molecule has 0 saturated carbocycles. The molecule has 0 amide bonds. The minimum Gasteiger partial charge on any atom is -0.394 e. The van der Waals surface area contributed by atoms with Crippen molar-refractivity contribution < 1.29 is 19.7 Å². The molecule has 174 valence electrons. The molecule has 32 heavy (non-hydrogen) atoms. The molecule has 4 rings (SSSR count). The number of fused-ring (bicyclic) bond motifs is 1. The Kier molecular flexibility index (Phi) is 7.78. The molecular weight excluding hydrogens is 410 g/mol. The number of rotatable bonds is 7. The zero-order valence-corrected chi connectivity index (χ0v) is 19.3. The van der Waals surface area contributed by atoms with Crippen molar-refractivity contribution in [1.29, 1.82) is 0 Å². The minimum absolute atomic E-state index is 0.202. The van der Waals surface area contributed by atoms with E-state index in [-0.39, 0.29) is 12.7 Å². The molecule has 3 atom stereocenters. The van der Waals surface area contributed by atoms with Gasteiger partial charge in [0.1, 0.15) is 18.5 Å². The van der Waals surface area contributed by atoms with Crippen LogP contribution in [-0.2, 0) is 16.0 Å². The molecule has 3 aromatic rings. The van der Waals surface area contributed by atoms with E-state index in [9.17, 15) is 10.2 Å². The standard InChI is InChI=1S/C21H27N5O4.C2H6/c1-13-5-4-6-14(7-13)9-22-19-20-23-10-15(26(20)25-12-24-19)16-8-17(18(11-27)29-16)30-21(2,3)28;1-2/h4-7,10,12,16-18,27-28H,8-9,11H2,1-3H3,(H,22,24,25);1-2H3/t16?,17-,18?;/m0./s1. The van der Waals surface area contributed by atoms with Crippen LogP contribution in [0.2, 0.25) is 0 Å². The van der Waals surface area contributed by atoms with Gasteiger partial charge in [-0.25, -0.2) is 14.5 Å². The van der Waals surface area contributed by atoms with Gasteiger partial charge in [-0.2, -0.15) is 5.10 Å². The van der Waals surface area contributed by atoms with E-state index in [1.54, 1.807) is 24.6 Å². The molecule has 1 aromatic carbocycles. The lowest BCUT2D eigenvalue weighted by atomic mass is 10.1. The lowest BCUT2D eigenvalue weighted by molar-refractivity contribution is -0.216. The number of ether oxygens (including phenoxy) is 2. The first-order chi connectivity index (χ1) is 15.3. The predicted octanol–water partition coefficient (Wildman–Crippen LogP) is 3.01. The predicted molar refractivity (Wildman–Crippen MR) is 121 cm³/mol. The number of nitrogens with zero attached hydrogens (tertiary/aromatic N) is 4. The SMILES string of the molecule is CC.Cc1cccc(CNc2ncnn3c(C4C[C@H](OC(C)(C)O)C(CO)O4)cnc23)c1. The summed E-state index contributed by atoms with van der Waals surface area (Å²) in [5, 5.41) is 27.3. The first-order valence-corrected chi connectivity index (χ1v) is 11.0. The molecule has 0 aliphatic carbocycles.